The zero-order valence-corrected chi connectivity index (χ0v) is 16.5. The van der Waals surface area contributed by atoms with Crippen molar-refractivity contribution in [2.75, 3.05) is 0 Å². The second-order valence-electron chi connectivity index (χ2n) is 7.12. The zero-order valence-electron chi connectivity index (χ0n) is 16.5. The molecule has 1 aromatic rings. The van der Waals surface area contributed by atoms with Gasteiger partial charge in [0.05, 0.1) is 0 Å². The number of rotatable bonds is 16. The van der Waals surface area contributed by atoms with E-state index >= 15 is 0 Å². The predicted molar refractivity (Wildman–Crippen MR) is 107 cm³/mol. The highest BCUT2D eigenvalue weighted by Crippen LogP contribution is 2.11. The van der Waals surface area contributed by atoms with Crippen LogP contribution in [0.5, 0.6) is 0 Å². The second-order valence-corrected chi connectivity index (χ2v) is 7.12. The van der Waals surface area contributed by atoms with E-state index in [2.05, 4.69) is 24.1 Å². The smallest absolute Gasteiger partial charge is 0.198 e. The van der Waals surface area contributed by atoms with E-state index in [0.29, 0.717) is 12.2 Å². The van der Waals surface area contributed by atoms with Gasteiger partial charge < -0.3 is 4.57 Å². The normalized spacial score (nSPS) is 11.4. The van der Waals surface area contributed by atoms with Crippen LogP contribution in [-0.4, -0.2) is 15.3 Å². The molecule has 0 saturated carbocycles. The Bertz CT molecular complexity index is 476. The first-order valence-electron chi connectivity index (χ1n) is 10.4. The van der Waals surface area contributed by atoms with Gasteiger partial charge in [-0.2, -0.15) is 0 Å². The molecule has 3 heteroatoms. The van der Waals surface area contributed by atoms with Gasteiger partial charge in [-0.1, -0.05) is 70.4 Å². The van der Waals surface area contributed by atoms with Crippen LogP contribution >= 0.6 is 0 Å². The summed E-state index contributed by atoms with van der Waals surface area (Å²) >= 11 is 0. The van der Waals surface area contributed by atoms with Gasteiger partial charge in [0.2, 0.25) is 0 Å². The van der Waals surface area contributed by atoms with Crippen LogP contribution in [0.4, 0.5) is 0 Å². The highest BCUT2D eigenvalue weighted by atomic mass is 16.1. The highest BCUT2D eigenvalue weighted by Gasteiger charge is 2.09. The van der Waals surface area contributed by atoms with E-state index in [1.54, 1.807) is 10.8 Å². The molecule has 0 spiro atoms. The van der Waals surface area contributed by atoms with Crippen LogP contribution in [-0.2, 0) is 7.05 Å². The first-order valence-corrected chi connectivity index (χ1v) is 10.4. The number of allylic oxidation sites excluding steroid dienone is 2. The fourth-order valence-corrected chi connectivity index (χ4v) is 3.10. The van der Waals surface area contributed by atoms with Crippen LogP contribution in [0, 0.1) is 0 Å². The largest absolute Gasteiger partial charge is 0.332 e. The van der Waals surface area contributed by atoms with E-state index in [9.17, 15) is 4.79 Å². The van der Waals surface area contributed by atoms with Crippen molar-refractivity contribution in [3.63, 3.8) is 0 Å². The summed E-state index contributed by atoms with van der Waals surface area (Å²) in [6.07, 6.45) is 25.5. The quantitative estimate of drug-likeness (QED) is 0.191. The predicted octanol–water partition coefficient (Wildman–Crippen LogP) is 6.64. The molecule has 0 unspecified atom stereocenters. The molecule has 25 heavy (non-hydrogen) atoms. The maximum atomic E-state index is 12.0. The van der Waals surface area contributed by atoms with Crippen molar-refractivity contribution in [2.45, 2.75) is 96.8 Å². The van der Waals surface area contributed by atoms with Crippen LogP contribution in [0.2, 0.25) is 0 Å². The summed E-state index contributed by atoms with van der Waals surface area (Å²) in [5.41, 5.74) is 0. The molecular formula is C22H38N2O. The SMILES string of the molecule is CCCCCCCCC=CCCCCCCCC(=O)c1nccn1C. The van der Waals surface area contributed by atoms with Crippen molar-refractivity contribution < 1.29 is 4.79 Å². The van der Waals surface area contributed by atoms with Gasteiger partial charge >= 0.3 is 0 Å². The summed E-state index contributed by atoms with van der Waals surface area (Å²) in [5, 5.41) is 0. The Balaban J connectivity index is 1.85. The molecule has 0 bridgehead atoms. The molecule has 0 aliphatic carbocycles. The Kier molecular flexibility index (Phi) is 12.9. The Hall–Kier alpha value is -1.38. The van der Waals surface area contributed by atoms with Gasteiger partial charge in [-0.25, -0.2) is 4.98 Å². The van der Waals surface area contributed by atoms with Crippen LogP contribution < -0.4 is 0 Å². The zero-order chi connectivity index (χ0) is 18.2. The number of imidazole rings is 1. The molecular weight excluding hydrogens is 308 g/mol. The average Bonchev–Trinajstić information content (AvgIpc) is 3.04. The second kappa shape index (κ2) is 14.9. The lowest BCUT2D eigenvalue weighted by Crippen LogP contribution is -2.06. The molecule has 1 aromatic heterocycles. The van der Waals surface area contributed by atoms with E-state index in [4.69, 9.17) is 0 Å². The monoisotopic (exact) mass is 346 g/mol. The van der Waals surface area contributed by atoms with Gasteiger partial charge in [0.25, 0.3) is 0 Å². The Labute approximate surface area is 154 Å². The molecule has 1 heterocycles. The summed E-state index contributed by atoms with van der Waals surface area (Å²) in [5.74, 6) is 0.764. The first kappa shape index (κ1) is 21.7. The van der Waals surface area contributed by atoms with E-state index in [1.807, 2.05) is 13.2 Å². The number of hydrogen-bond acceptors (Lipinski definition) is 2. The molecule has 0 amide bonds. The molecule has 1 rings (SSSR count). The van der Waals surface area contributed by atoms with E-state index in [1.165, 1.54) is 70.6 Å². The van der Waals surface area contributed by atoms with Crippen LogP contribution in [0.3, 0.4) is 0 Å². The number of ketones is 1. The Morgan fingerprint density at radius 2 is 1.48 bits per heavy atom. The van der Waals surface area contributed by atoms with E-state index in [0.717, 1.165) is 12.8 Å². The average molecular weight is 347 g/mol. The fourth-order valence-electron chi connectivity index (χ4n) is 3.10. The molecule has 0 N–H and O–H groups in total. The Morgan fingerprint density at radius 3 is 2.04 bits per heavy atom. The number of unbranched alkanes of at least 4 members (excludes halogenated alkanes) is 11. The van der Waals surface area contributed by atoms with Gasteiger partial charge in [0, 0.05) is 25.9 Å². The lowest BCUT2D eigenvalue weighted by atomic mass is 10.1. The number of carbonyl (C=O) groups is 1. The molecule has 0 saturated heterocycles. The number of nitrogens with zero attached hydrogens (tertiary/aromatic N) is 2. The van der Waals surface area contributed by atoms with Crippen molar-refractivity contribution in [1.82, 2.24) is 9.55 Å². The summed E-state index contributed by atoms with van der Waals surface area (Å²) < 4.78 is 1.81. The minimum absolute atomic E-state index is 0.171. The van der Waals surface area contributed by atoms with E-state index in [-0.39, 0.29) is 5.78 Å². The third-order valence-electron chi connectivity index (χ3n) is 4.74. The van der Waals surface area contributed by atoms with Crippen molar-refractivity contribution in [3.05, 3.63) is 30.4 Å². The van der Waals surface area contributed by atoms with Gasteiger partial charge in [-0.3, -0.25) is 4.79 Å². The van der Waals surface area contributed by atoms with Crippen molar-refractivity contribution >= 4 is 5.78 Å². The molecule has 142 valence electrons. The molecule has 0 aliphatic heterocycles. The number of carbonyl (C=O) groups excluding carboxylic acids is 1. The summed E-state index contributed by atoms with van der Waals surface area (Å²) in [6, 6.07) is 0. The maximum absolute atomic E-state index is 12.0. The third-order valence-corrected chi connectivity index (χ3v) is 4.74. The molecule has 0 aliphatic rings. The van der Waals surface area contributed by atoms with Crippen LogP contribution in [0.25, 0.3) is 0 Å². The minimum atomic E-state index is 0.171. The Morgan fingerprint density at radius 1 is 0.920 bits per heavy atom. The van der Waals surface area contributed by atoms with Crippen LogP contribution in [0.15, 0.2) is 24.5 Å². The lowest BCUT2D eigenvalue weighted by Gasteiger charge is -2.02. The summed E-state index contributed by atoms with van der Waals surface area (Å²) in [7, 11) is 1.88. The number of aromatic nitrogens is 2. The molecule has 0 fully saturated rings. The van der Waals surface area contributed by atoms with Gasteiger partial charge in [0.15, 0.2) is 11.6 Å². The van der Waals surface area contributed by atoms with Gasteiger partial charge in [-0.15, -0.1) is 0 Å². The number of hydrogen-bond donors (Lipinski definition) is 0. The maximum Gasteiger partial charge on any atom is 0.198 e. The van der Waals surface area contributed by atoms with Gasteiger partial charge in [0.1, 0.15) is 0 Å². The lowest BCUT2D eigenvalue weighted by molar-refractivity contribution is 0.0966. The first-order chi connectivity index (χ1) is 12.3. The fraction of sp³-hybridized carbons (Fsp3) is 0.727. The van der Waals surface area contributed by atoms with Crippen LogP contribution in [0.1, 0.15) is 107 Å². The molecule has 0 atom stereocenters. The number of Topliss-reactive ketones (excluding diaryl/α,β-unsaturated/α-hetero) is 1. The van der Waals surface area contributed by atoms with Gasteiger partial charge in [-0.05, 0) is 32.1 Å². The molecule has 0 aromatic carbocycles. The van der Waals surface area contributed by atoms with Crippen molar-refractivity contribution in [3.8, 4) is 0 Å². The third kappa shape index (κ3) is 11.0. The topological polar surface area (TPSA) is 34.9 Å². The van der Waals surface area contributed by atoms with E-state index < -0.39 is 0 Å². The summed E-state index contributed by atoms with van der Waals surface area (Å²) in [4.78, 5) is 16.1. The van der Waals surface area contributed by atoms with Crippen molar-refractivity contribution in [1.29, 1.82) is 0 Å². The summed E-state index contributed by atoms with van der Waals surface area (Å²) in [6.45, 7) is 2.27. The number of aryl methyl sites for hydroxylation is 1. The minimum Gasteiger partial charge on any atom is -0.332 e. The molecule has 3 nitrogen and oxygen atoms in total. The highest BCUT2D eigenvalue weighted by molar-refractivity contribution is 5.92. The van der Waals surface area contributed by atoms with Crippen molar-refractivity contribution in [2.24, 2.45) is 7.05 Å². The standard InChI is InChI=1S/C22H38N2O/c1-3-4-5-6-7-8-9-10-11-12-13-14-15-16-17-18-21(25)22-23-19-20-24(22)2/h10-11,19-20H,3-9,12-18H2,1-2H3. The molecule has 0 radical (unpaired) electrons.